The number of anilines is 1. The Labute approximate surface area is 131 Å². The van der Waals surface area contributed by atoms with Crippen molar-refractivity contribution < 1.29 is 14.7 Å². The predicted molar refractivity (Wildman–Crippen MR) is 82.2 cm³/mol. The van der Waals surface area contributed by atoms with Gasteiger partial charge in [-0.25, -0.2) is 0 Å². The van der Waals surface area contributed by atoms with Gasteiger partial charge in [0.15, 0.2) is 0 Å². The molecule has 4 nitrogen and oxygen atoms in total. The first-order valence-electron chi connectivity index (χ1n) is 6.03. The van der Waals surface area contributed by atoms with Gasteiger partial charge in [-0.15, -0.1) is 0 Å². The zero-order valence-electron chi connectivity index (χ0n) is 10.8. The summed E-state index contributed by atoms with van der Waals surface area (Å²) >= 11 is 11.9. The van der Waals surface area contributed by atoms with Crippen molar-refractivity contribution in [1.82, 2.24) is 0 Å². The van der Waals surface area contributed by atoms with Crippen LogP contribution in [0.15, 0.2) is 42.5 Å². The largest absolute Gasteiger partial charge is 0.481 e. The molecular weight excluding hydrogens is 313 g/mol. The first kappa shape index (κ1) is 15.4. The molecule has 0 aliphatic carbocycles. The van der Waals surface area contributed by atoms with Gasteiger partial charge >= 0.3 is 5.97 Å². The number of hydrogen-bond donors (Lipinski definition) is 2. The van der Waals surface area contributed by atoms with Crippen molar-refractivity contribution in [2.75, 3.05) is 5.32 Å². The molecule has 0 saturated heterocycles. The first-order valence-corrected chi connectivity index (χ1v) is 6.79. The van der Waals surface area contributed by atoms with Crippen LogP contribution in [0.1, 0.15) is 15.9 Å². The van der Waals surface area contributed by atoms with Crippen molar-refractivity contribution in [3.05, 3.63) is 63.6 Å². The number of nitrogens with one attached hydrogen (secondary N) is 1. The van der Waals surface area contributed by atoms with Crippen LogP contribution in [0.25, 0.3) is 0 Å². The highest BCUT2D eigenvalue weighted by Crippen LogP contribution is 2.25. The van der Waals surface area contributed by atoms with Crippen LogP contribution in [0.5, 0.6) is 0 Å². The van der Waals surface area contributed by atoms with Gasteiger partial charge in [0.25, 0.3) is 5.91 Å². The number of rotatable bonds is 4. The van der Waals surface area contributed by atoms with Crippen molar-refractivity contribution in [2.45, 2.75) is 6.42 Å². The lowest BCUT2D eigenvalue weighted by atomic mass is 10.1. The summed E-state index contributed by atoms with van der Waals surface area (Å²) in [4.78, 5) is 22.9. The molecule has 0 aliphatic heterocycles. The monoisotopic (exact) mass is 323 g/mol. The maximum Gasteiger partial charge on any atom is 0.307 e. The van der Waals surface area contributed by atoms with E-state index in [9.17, 15) is 9.59 Å². The normalized spacial score (nSPS) is 10.2. The Morgan fingerprint density at radius 1 is 1.05 bits per heavy atom. The van der Waals surface area contributed by atoms with E-state index in [1.165, 1.54) is 0 Å². The zero-order chi connectivity index (χ0) is 15.4. The minimum atomic E-state index is -0.937. The third-order valence-corrected chi connectivity index (χ3v) is 3.36. The predicted octanol–water partition coefficient (Wildman–Crippen LogP) is 3.87. The van der Waals surface area contributed by atoms with Gasteiger partial charge in [0.1, 0.15) is 0 Å². The van der Waals surface area contributed by atoms with Crippen LogP contribution >= 0.6 is 23.2 Å². The zero-order valence-corrected chi connectivity index (χ0v) is 12.3. The number of carboxylic acid groups (broad SMARTS) is 1. The molecule has 0 aliphatic rings. The number of aliphatic carboxylic acids is 1. The van der Waals surface area contributed by atoms with Crippen LogP contribution in [-0.4, -0.2) is 17.0 Å². The minimum Gasteiger partial charge on any atom is -0.481 e. The van der Waals surface area contributed by atoms with Crippen LogP contribution in [0.4, 0.5) is 5.69 Å². The Morgan fingerprint density at radius 2 is 1.67 bits per heavy atom. The number of carbonyl (C=O) groups excluding carboxylic acids is 1. The molecule has 6 heteroatoms. The molecule has 2 rings (SSSR count). The first-order chi connectivity index (χ1) is 9.97. The van der Waals surface area contributed by atoms with Crippen LogP contribution in [0.3, 0.4) is 0 Å². The van der Waals surface area contributed by atoms with Crippen molar-refractivity contribution in [2.24, 2.45) is 0 Å². The van der Waals surface area contributed by atoms with Gasteiger partial charge in [-0.1, -0.05) is 41.4 Å². The van der Waals surface area contributed by atoms with Crippen LogP contribution in [-0.2, 0) is 11.2 Å². The molecule has 0 saturated carbocycles. The van der Waals surface area contributed by atoms with Gasteiger partial charge in [-0.05, 0) is 29.8 Å². The molecule has 108 valence electrons. The molecule has 0 heterocycles. The van der Waals surface area contributed by atoms with Crippen LogP contribution in [0, 0.1) is 0 Å². The average Bonchev–Trinajstić information content (AvgIpc) is 2.37. The molecule has 0 radical (unpaired) electrons. The van der Waals surface area contributed by atoms with Crippen molar-refractivity contribution >= 4 is 40.8 Å². The second-order valence-corrected chi connectivity index (χ2v) is 5.14. The number of amides is 1. The van der Waals surface area contributed by atoms with E-state index >= 15 is 0 Å². The summed E-state index contributed by atoms with van der Waals surface area (Å²) in [6, 6.07) is 11.4. The van der Waals surface area contributed by atoms with E-state index in [-0.39, 0.29) is 22.0 Å². The fourth-order valence-electron chi connectivity index (χ4n) is 1.84. The topological polar surface area (TPSA) is 66.4 Å². The Bertz CT molecular complexity index is 681. The highest BCUT2D eigenvalue weighted by Gasteiger charge is 2.14. The summed E-state index contributed by atoms with van der Waals surface area (Å²) in [6.07, 6.45) is -0.115. The molecule has 0 fully saturated rings. The Balaban J connectivity index is 2.22. The summed E-state index contributed by atoms with van der Waals surface area (Å²) in [5, 5.41) is 11.9. The summed E-state index contributed by atoms with van der Waals surface area (Å²) in [5.41, 5.74) is 1.25. The van der Waals surface area contributed by atoms with Crippen molar-refractivity contribution in [1.29, 1.82) is 0 Å². The lowest BCUT2D eigenvalue weighted by molar-refractivity contribution is -0.136. The number of hydrogen-bond acceptors (Lipinski definition) is 2. The molecule has 0 atom stereocenters. The third-order valence-electron chi connectivity index (χ3n) is 2.73. The SMILES string of the molecule is O=C(O)Cc1cccc(NC(=O)c2c(Cl)cccc2Cl)c1. The van der Waals surface area contributed by atoms with E-state index < -0.39 is 11.9 Å². The van der Waals surface area contributed by atoms with E-state index in [0.717, 1.165) is 0 Å². The van der Waals surface area contributed by atoms with Crippen molar-refractivity contribution in [3.63, 3.8) is 0 Å². The fourth-order valence-corrected chi connectivity index (χ4v) is 2.41. The highest BCUT2D eigenvalue weighted by molar-refractivity contribution is 6.40. The summed E-state index contributed by atoms with van der Waals surface area (Å²) in [6.45, 7) is 0. The van der Waals surface area contributed by atoms with Gasteiger partial charge in [0, 0.05) is 5.69 Å². The van der Waals surface area contributed by atoms with Gasteiger partial charge < -0.3 is 10.4 Å². The molecule has 21 heavy (non-hydrogen) atoms. The number of benzene rings is 2. The second kappa shape index (κ2) is 6.61. The van der Waals surface area contributed by atoms with E-state index in [2.05, 4.69) is 5.32 Å². The number of halogens is 2. The molecule has 2 N–H and O–H groups in total. The third kappa shape index (κ3) is 3.97. The second-order valence-electron chi connectivity index (χ2n) is 4.32. The molecular formula is C15H11Cl2NO3. The Hall–Kier alpha value is -2.04. The van der Waals surface area contributed by atoms with Gasteiger partial charge in [0.05, 0.1) is 22.0 Å². The molecule has 2 aromatic rings. The lowest BCUT2D eigenvalue weighted by Gasteiger charge is -2.09. The average molecular weight is 324 g/mol. The molecule has 1 amide bonds. The van der Waals surface area contributed by atoms with Crippen LogP contribution in [0.2, 0.25) is 10.0 Å². The molecule has 0 spiro atoms. The van der Waals surface area contributed by atoms with E-state index in [0.29, 0.717) is 11.3 Å². The van der Waals surface area contributed by atoms with E-state index in [1.807, 2.05) is 0 Å². The quantitative estimate of drug-likeness (QED) is 0.897. The van der Waals surface area contributed by atoms with Gasteiger partial charge in [-0.3, -0.25) is 9.59 Å². The number of carboxylic acids is 1. The Morgan fingerprint density at radius 3 is 2.29 bits per heavy atom. The minimum absolute atomic E-state index is 0.115. The molecule has 2 aromatic carbocycles. The summed E-state index contributed by atoms with van der Waals surface area (Å²) in [5.74, 6) is -1.38. The molecule has 0 unspecified atom stereocenters. The van der Waals surface area contributed by atoms with Crippen LogP contribution < -0.4 is 5.32 Å². The maximum absolute atomic E-state index is 12.2. The summed E-state index contributed by atoms with van der Waals surface area (Å²) in [7, 11) is 0. The fraction of sp³-hybridized carbons (Fsp3) is 0.0667. The van der Waals surface area contributed by atoms with E-state index in [1.54, 1.807) is 42.5 Å². The van der Waals surface area contributed by atoms with E-state index in [4.69, 9.17) is 28.3 Å². The van der Waals surface area contributed by atoms with Gasteiger partial charge in [-0.2, -0.15) is 0 Å². The lowest BCUT2D eigenvalue weighted by Crippen LogP contribution is -2.13. The van der Waals surface area contributed by atoms with Crippen molar-refractivity contribution in [3.8, 4) is 0 Å². The summed E-state index contributed by atoms with van der Waals surface area (Å²) < 4.78 is 0. The van der Waals surface area contributed by atoms with Gasteiger partial charge in [0.2, 0.25) is 0 Å². The Kier molecular flexibility index (Phi) is 4.83. The molecule has 0 aromatic heterocycles. The smallest absolute Gasteiger partial charge is 0.307 e. The highest BCUT2D eigenvalue weighted by atomic mass is 35.5. The standard InChI is InChI=1S/C15H11Cl2NO3/c16-11-5-2-6-12(17)14(11)15(21)18-10-4-1-3-9(7-10)8-13(19)20/h1-7H,8H2,(H,18,21)(H,19,20). The number of carbonyl (C=O) groups is 2. The molecule has 0 bridgehead atoms. The maximum atomic E-state index is 12.2.